The monoisotopic (exact) mass is 309 g/mol. The average Bonchev–Trinajstić information content (AvgIpc) is 2.55. The van der Waals surface area contributed by atoms with Gasteiger partial charge < -0.3 is 0 Å². The normalized spacial score (nSPS) is 11.6. The highest BCUT2D eigenvalue weighted by molar-refractivity contribution is 6.82. The van der Waals surface area contributed by atoms with Gasteiger partial charge in [0.2, 0.25) is 0 Å². The van der Waals surface area contributed by atoms with Crippen molar-refractivity contribution in [3.8, 4) is 0 Å². The lowest BCUT2D eigenvalue weighted by Gasteiger charge is -2.26. The Balaban J connectivity index is 2.04. The highest BCUT2D eigenvalue weighted by Crippen LogP contribution is 2.15. The molecule has 2 heteroatoms. The first-order valence-corrected chi connectivity index (χ1v) is 11.3. The molecule has 0 spiro atoms. The molecule has 0 aromatic heterocycles. The molecular formula is C20H27NSi. The predicted octanol–water partition coefficient (Wildman–Crippen LogP) is 5.12. The second-order valence-corrected chi connectivity index (χ2v) is 11.5. The average molecular weight is 310 g/mol. The first-order chi connectivity index (χ1) is 10.6. The topological polar surface area (TPSA) is 3.24 Å². The third kappa shape index (κ3) is 5.62. The zero-order chi connectivity index (χ0) is 15.8. The maximum atomic E-state index is 4.02. The summed E-state index contributed by atoms with van der Waals surface area (Å²) in [4.78, 5) is 2.56. The van der Waals surface area contributed by atoms with Gasteiger partial charge in [0, 0.05) is 13.1 Å². The number of rotatable bonds is 8. The van der Waals surface area contributed by atoms with Crippen LogP contribution in [0.2, 0.25) is 19.1 Å². The Morgan fingerprint density at radius 2 is 1.32 bits per heavy atom. The maximum absolute atomic E-state index is 4.02. The molecule has 2 aromatic carbocycles. The summed E-state index contributed by atoms with van der Waals surface area (Å²) in [6, 6.07) is 22.8. The zero-order valence-corrected chi connectivity index (χ0v) is 14.8. The second kappa shape index (κ2) is 8.11. The quantitative estimate of drug-likeness (QED) is 0.612. The molecular weight excluding hydrogens is 282 g/mol. The molecule has 22 heavy (non-hydrogen) atoms. The number of hydrogen-bond donors (Lipinski definition) is 0. The Hall–Kier alpha value is -1.64. The van der Waals surface area contributed by atoms with Crippen LogP contribution in [0.4, 0.5) is 0 Å². The van der Waals surface area contributed by atoms with Crippen molar-refractivity contribution < 1.29 is 0 Å². The smallest absolute Gasteiger partial charge is 0.0722 e. The largest absolute Gasteiger partial charge is 0.295 e. The van der Waals surface area contributed by atoms with Gasteiger partial charge in [0.25, 0.3) is 0 Å². The van der Waals surface area contributed by atoms with Gasteiger partial charge in [-0.2, -0.15) is 0 Å². The van der Waals surface area contributed by atoms with E-state index in [0.717, 1.165) is 19.6 Å². The standard InChI is InChI=1S/C20H27NSi/c1-4-22(2,3)16-15-21(17-19-11-7-5-8-12-19)18-20-13-9-6-10-14-20/h4-14H,1,15-18H2,2-3H3. The molecule has 0 bridgehead atoms. The molecule has 0 N–H and O–H groups in total. The third-order valence-electron chi connectivity index (χ3n) is 4.12. The van der Waals surface area contributed by atoms with Crippen LogP contribution in [0, 0.1) is 0 Å². The molecule has 0 aliphatic carbocycles. The van der Waals surface area contributed by atoms with Crippen molar-refractivity contribution in [2.24, 2.45) is 0 Å². The van der Waals surface area contributed by atoms with Gasteiger partial charge in [-0.3, -0.25) is 4.90 Å². The Bertz CT molecular complexity index is 521. The van der Waals surface area contributed by atoms with Crippen LogP contribution in [0.5, 0.6) is 0 Å². The SMILES string of the molecule is C=C[Si](C)(C)CCN(Cc1ccccc1)Cc1ccccc1. The van der Waals surface area contributed by atoms with Crippen molar-refractivity contribution in [3.63, 3.8) is 0 Å². The summed E-state index contributed by atoms with van der Waals surface area (Å²) in [6.07, 6.45) is 0. The van der Waals surface area contributed by atoms with E-state index in [1.807, 2.05) is 0 Å². The minimum Gasteiger partial charge on any atom is -0.295 e. The van der Waals surface area contributed by atoms with Gasteiger partial charge in [0.05, 0.1) is 8.07 Å². The van der Waals surface area contributed by atoms with Crippen molar-refractivity contribution >= 4 is 8.07 Å². The van der Waals surface area contributed by atoms with Gasteiger partial charge in [-0.05, 0) is 23.7 Å². The maximum Gasteiger partial charge on any atom is 0.0722 e. The fourth-order valence-corrected chi connectivity index (χ4v) is 3.54. The van der Waals surface area contributed by atoms with E-state index < -0.39 is 8.07 Å². The molecule has 0 atom stereocenters. The molecule has 0 heterocycles. The number of benzene rings is 2. The van der Waals surface area contributed by atoms with Gasteiger partial charge >= 0.3 is 0 Å². The molecule has 0 aliphatic heterocycles. The fourth-order valence-electron chi connectivity index (χ4n) is 2.45. The van der Waals surface area contributed by atoms with Crippen LogP contribution in [0.15, 0.2) is 72.9 Å². The van der Waals surface area contributed by atoms with E-state index in [9.17, 15) is 0 Å². The van der Waals surface area contributed by atoms with E-state index in [1.165, 1.54) is 17.2 Å². The van der Waals surface area contributed by atoms with Crippen LogP contribution < -0.4 is 0 Å². The minimum absolute atomic E-state index is 1.01. The Morgan fingerprint density at radius 1 is 0.864 bits per heavy atom. The molecule has 0 radical (unpaired) electrons. The molecule has 116 valence electrons. The first kappa shape index (κ1) is 16.7. The van der Waals surface area contributed by atoms with E-state index in [1.54, 1.807) is 0 Å². The third-order valence-corrected chi connectivity index (χ3v) is 6.74. The van der Waals surface area contributed by atoms with E-state index in [0.29, 0.717) is 0 Å². The van der Waals surface area contributed by atoms with E-state index in [-0.39, 0.29) is 0 Å². The number of hydrogen-bond acceptors (Lipinski definition) is 1. The molecule has 0 saturated carbocycles. The lowest BCUT2D eigenvalue weighted by molar-refractivity contribution is 0.270. The lowest BCUT2D eigenvalue weighted by Crippen LogP contribution is -2.31. The van der Waals surface area contributed by atoms with Crippen LogP contribution in [0.3, 0.4) is 0 Å². The lowest BCUT2D eigenvalue weighted by atomic mass is 10.1. The highest BCUT2D eigenvalue weighted by atomic mass is 28.3. The summed E-state index contributed by atoms with van der Waals surface area (Å²) < 4.78 is 0. The fraction of sp³-hybridized carbons (Fsp3) is 0.300. The summed E-state index contributed by atoms with van der Waals surface area (Å²) >= 11 is 0. The first-order valence-electron chi connectivity index (χ1n) is 8.03. The number of nitrogens with zero attached hydrogens (tertiary/aromatic N) is 1. The van der Waals surface area contributed by atoms with Crippen LogP contribution in [-0.2, 0) is 13.1 Å². The van der Waals surface area contributed by atoms with E-state index in [4.69, 9.17) is 0 Å². The highest BCUT2D eigenvalue weighted by Gasteiger charge is 2.18. The van der Waals surface area contributed by atoms with Gasteiger partial charge in [-0.15, -0.1) is 12.3 Å². The predicted molar refractivity (Wildman–Crippen MR) is 99.5 cm³/mol. The molecule has 0 aliphatic rings. The Morgan fingerprint density at radius 3 is 1.73 bits per heavy atom. The Kier molecular flexibility index (Phi) is 6.17. The van der Waals surface area contributed by atoms with Crippen molar-refractivity contribution in [2.75, 3.05) is 6.54 Å². The van der Waals surface area contributed by atoms with Crippen molar-refractivity contribution in [2.45, 2.75) is 32.2 Å². The summed E-state index contributed by atoms with van der Waals surface area (Å²) in [6.45, 7) is 12.0. The zero-order valence-electron chi connectivity index (χ0n) is 13.8. The van der Waals surface area contributed by atoms with Crippen LogP contribution >= 0.6 is 0 Å². The molecule has 2 aromatic rings. The van der Waals surface area contributed by atoms with Crippen LogP contribution in [-0.4, -0.2) is 19.5 Å². The van der Waals surface area contributed by atoms with E-state index in [2.05, 4.69) is 90.9 Å². The molecule has 0 fully saturated rings. The van der Waals surface area contributed by atoms with Crippen molar-refractivity contribution in [3.05, 3.63) is 84.1 Å². The van der Waals surface area contributed by atoms with Crippen molar-refractivity contribution in [1.29, 1.82) is 0 Å². The molecule has 2 rings (SSSR count). The Labute approximate surface area is 136 Å². The van der Waals surface area contributed by atoms with Gasteiger partial charge in [0.15, 0.2) is 0 Å². The van der Waals surface area contributed by atoms with Crippen LogP contribution in [0.25, 0.3) is 0 Å². The summed E-state index contributed by atoms with van der Waals surface area (Å²) in [5.74, 6) is 0. The van der Waals surface area contributed by atoms with Crippen LogP contribution in [0.1, 0.15) is 11.1 Å². The molecule has 0 saturated heterocycles. The molecule has 0 amide bonds. The van der Waals surface area contributed by atoms with E-state index >= 15 is 0 Å². The minimum atomic E-state index is -1.25. The molecule has 1 nitrogen and oxygen atoms in total. The second-order valence-electron chi connectivity index (χ2n) is 6.62. The van der Waals surface area contributed by atoms with Gasteiger partial charge in [-0.1, -0.05) is 73.8 Å². The summed E-state index contributed by atoms with van der Waals surface area (Å²) in [5.41, 5.74) is 4.98. The molecule has 0 unspecified atom stereocenters. The summed E-state index contributed by atoms with van der Waals surface area (Å²) in [5, 5.41) is 0. The summed E-state index contributed by atoms with van der Waals surface area (Å²) in [7, 11) is -1.25. The van der Waals surface area contributed by atoms with Gasteiger partial charge in [0.1, 0.15) is 0 Å². The van der Waals surface area contributed by atoms with Crippen molar-refractivity contribution in [1.82, 2.24) is 4.90 Å². The van der Waals surface area contributed by atoms with Gasteiger partial charge in [-0.25, -0.2) is 0 Å².